The van der Waals surface area contributed by atoms with Crippen molar-refractivity contribution in [2.75, 3.05) is 26.9 Å². The van der Waals surface area contributed by atoms with Gasteiger partial charge in [-0.05, 0) is 117 Å². The number of carbonyl (C=O) groups is 2. The number of carbonyl (C=O) groups excluding carboxylic acids is 2. The highest BCUT2D eigenvalue weighted by molar-refractivity contribution is 7.47. The highest BCUT2D eigenvalue weighted by Crippen LogP contribution is 2.67. The topological polar surface area (TPSA) is 176 Å². The van der Waals surface area contributed by atoms with Gasteiger partial charge in [0.1, 0.15) is 20.1 Å². The number of esters is 1. The van der Waals surface area contributed by atoms with Crippen molar-refractivity contribution in [3.05, 3.63) is 11.6 Å². The molecule has 0 spiro atoms. The van der Waals surface area contributed by atoms with Gasteiger partial charge in [0, 0.05) is 32.5 Å². The van der Waals surface area contributed by atoms with E-state index in [0.717, 1.165) is 62.4 Å². The number of hydrogen-bond acceptors (Lipinski definition) is 10. The van der Waals surface area contributed by atoms with Gasteiger partial charge in [-0.1, -0.05) is 65.5 Å². The highest BCUT2D eigenvalue weighted by atomic mass is 31.2. The summed E-state index contributed by atoms with van der Waals surface area (Å²) in [6.07, 6.45) is 16.2. The van der Waals surface area contributed by atoms with Gasteiger partial charge in [-0.3, -0.25) is 27.7 Å². The number of phosphoric ester groups is 2. The summed E-state index contributed by atoms with van der Waals surface area (Å²) < 4.78 is 55.3. The molecule has 1 heterocycles. The lowest BCUT2D eigenvalue weighted by molar-refractivity contribution is -0.152. The first-order chi connectivity index (χ1) is 27.4. The fourth-order valence-corrected chi connectivity index (χ4v) is 13.1. The Morgan fingerprint density at radius 3 is 2.48 bits per heavy atom. The third-order valence-electron chi connectivity index (χ3n) is 14.8. The minimum atomic E-state index is -4.40. The van der Waals surface area contributed by atoms with E-state index in [1.807, 2.05) is 0 Å². The smallest absolute Gasteiger partial charge is 0.462 e. The van der Waals surface area contributed by atoms with E-state index in [1.54, 1.807) is 7.85 Å². The van der Waals surface area contributed by atoms with E-state index < -0.39 is 27.9 Å². The van der Waals surface area contributed by atoms with Crippen LogP contribution in [0.4, 0.5) is 0 Å². The van der Waals surface area contributed by atoms with Crippen LogP contribution in [0.15, 0.2) is 11.6 Å². The number of rotatable bonds is 22. The predicted octanol–water partition coefficient (Wildman–Crippen LogP) is 8.02. The molecule has 3 saturated carbocycles. The number of hydrogen-bond donors (Lipinski definition) is 3. The second-order valence-electron chi connectivity index (χ2n) is 19.2. The van der Waals surface area contributed by atoms with E-state index in [4.69, 9.17) is 23.0 Å². The third-order valence-corrected chi connectivity index (χ3v) is 16.8. The molecule has 332 valence electrons. The Labute approximate surface area is 348 Å². The van der Waals surface area contributed by atoms with Crippen molar-refractivity contribution in [2.24, 2.45) is 46.3 Å². The minimum Gasteiger partial charge on any atom is -0.462 e. The largest absolute Gasteiger partial charge is 0.472 e. The molecule has 0 aromatic carbocycles. The van der Waals surface area contributed by atoms with Crippen LogP contribution in [0.5, 0.6) is 0 Å². The highest BCUT2D eigenvalue weighted by Gasteiger charge is 2.59. The van der Waals surface area contributed by atoms with Crippen molar-refractivity contribution in [3.8, 4) is 0 Å². The molecule has 0 radical (unpaired) electrons. The first kappa shape index (κ1) is 48.0. The van der Waals surface area contributed by atoms with Crippen LogP contribution in [-0.4, -0.2) is 80.7 Å². The SMILES string of the molecule is B[C@H]1C[C@@H](OP(=O)(O)OC)C(COP(=O)(O)OCCCCCNC(=O)CCC(=O)O[C@H]2CC[C@@]3(C)C(=CC[C@@H]4[C@@H]3CC[C@]3(C)C(C(C)CCCC(C)C)CC[C@@H]43)C2)O1. The van der Waals surface area contributed by atoms with Crippen LogP contribution in [0, 0.1) is 46.3 Å². The lowest BCUT2D eigenvalue weighted by atomic mass is 9.47. The molecular weight excluding hydrogens is 783 g/mol. The summed E-state index contributed by atoms with van der Waals surface area (Å²) in [5.74, 6) is 4.22. The fraction of sp³-hybridized carbons (Fsp3) is 0.905. The molecule has 1 amide bonds. The summed E-state index contributed by atoms with van der Waals surface area (Å²) in [4.78, 5) is 45.0. The summed E-state index contributed by atoms with van der Waals surface area (Å²) in [6.45, 7) is 12.4. The molecule has 5 rings (SSSR count). The Balaban J connectivity index is 0.944. The molecule has 4 fully saturated rings. The van der Waals surface area contributed by atoms with Gasteiger partial charge >= 0.3 is 21.6 Å². The average Bonchev–Trinajstić information content (AvgIpc) is 3.70. The zero-order valence-corrected chi connectivity index (χ0v) is 38.2. The van der Waals surface area contributed by atoms with E-state index in [1.165, 1.54) is 50.5 Å². The van der Waals surface area contributed by atoms with Crippen molar-refractivity contribution < 1.29 is 56.1 Å². The number of phosphoric acid groups is 2. The molecule has 4 aliphatic carbocycles. The van der Waals surface area contributed by atoms with Crippen LogP contribution in [0.3, 0.4) is 0 Å². The summed E-state index contributed by atoms with van der Waals surface area (Å²) in [7, 11) is -5.88. The maximum Gasteiger partial charge on any atom is 0.472 e. The van der Waals surface area contributed by atoms with Crippen LogP contribution in [0.25, 0.3) is 0 Å². The number of allylic oxidation sites excluding steroid dienone is 1. The van der Waals surface area contributed by atoms with Gasteiger partial charge in [-0.15, -0.1) is 0 Å². The quantitative estimate of drug-likeness (QED) is 0.0315. The fourth-order valence-electron chi connectivity index (χ4n) is 11.7. The molecule has 58 heavy (non-hydrogen) atoms. The van der Waals surface area contributed by atoms with E-state index >= 15 is 0 Å². The normalized spacial score (nSPS) is 35.8. The van der Waals surface area contributed by atoms with Crippen molar-refractivity contribution >= 4 is 35.4 Å². The Bertz CT molecular complexity index is 1520. The van der Waals surface area contributed by atoms with Gasteiger partial charge in [-0.25, -0.2) is 9.13 Å². The second kappa shape index (κ2) is 20.9. The predicted molar refractivity (Wildman–Crippen MR) is 224 cm³/mol. The maximum atomic E-state index is 12.8. The molecule has 16 heteroatoms. The van der Waals surface area contributed by atoms with Crippen LogP contribution >= 0.6 is 15.6 Å². The van der Waals surface area contributed by atoms with Crippen LogP contribution in [-0.2, 0) is 46.3 Å². The molecule has 1 aliphatic heterocycles. The Hall–Kier alpha value is -1.08. The van der Waals surface area contributed by atoms with E-state index in [-0.39, 0.29) is 61.9 Å². The lowest BCUT2D eigenvalue weighted by Gasteiger charge is -2.58. The molecule has 0 aromatic rings. The van der Waals surface area contributed by atoms with Crippen molar-refractivity contribution in [3.63, 3.8) is 0 Å². The molecule has 5 unspecified atom stereocenters. The molecule has 13 atom stereocenters. The standard InChI is InChI=1S/C42H74BNO12P2/c1-28(2)11-10-12-29(3)33-15-16-34-32-14-13-30-25-31(19-21-41(30,4)35(32)20-22-42(33,34)5)54-40(46)18-17-39(45)44-23-8-7-9-24-52-58(49,50)53-27-37-36(26-38(43)55-37)56-57(47,48)51-6/h13,28-29,31-38H,7-12,14-27,43H2,1-6H3,(H,44,45)(H,47,48)(H,49,50)/t29?,31-,32-,33?,34-,35-,36+,37?,38+,41-,42+/m0/s1. The molecule has 3 N–H and O–H groups in total. The van der Waals surface area contributed by atoms with Crippen LogP contribution in [0.1, 0.15) is 144 Å². The zero-order valence-electron chi connectivity index (χ0n) is 36.4. The van der Waals surface area contributed by atoms with Crippen LogP contribution < -0.4 is 5.32 Å². The zero-order chi connectivity index (χ0) is 42.3. The van der Waals surface area contributed by atoms with E-state index in [9.17, 15) is 28.5 Å². The maximum absolute atomic E-state index is 12.8. The summed E-state index contributed by atoms with van der Waals surface area (Å²) in [5.41, 5.74) is 2.15. The Morgan fingerprint density at radius 2 is 1.74 bits per heavy atom. The van der Waals surface area contributed by atoms with Crippen molar-refractivity contribution in [2.45, 2.75) is 168 Å². The first-order valence-electron chi connectivity index (χ1n) is 22.4. The van der Waals surface area contributed by atoms with Crippen molar-refractivity contribution in [1.82, 2.24) is 5.32 Å². The number of ether oxygens (including phenoxy) is 2. The van der Waals surface area contributed by atoms with Gasteiger partial charge in [0.25, 0.3) is 0 Å². The molecule has 1 saturated heterocycles. The number of fused-ring (bicyclic) bond motifs is 5. The third kappa shape index (κ3) is 12.5. The molecule has 0 bridgehead atoms. The lowest BCUT2D eigenvalue weighted by Crippen LogP contribution is -2.51. The first-order valence-corrected chi connectivity index (χ1v) is 25.3. The summed E-state index contributed by atoms with van der Waals surface area (Å²) in [6, 6.07) is -0.308. The molecule has 0 aromatic heterocycles. The summed E-state index contributed by atoms with van der Waals surface area (Å²) >= 11 is 0. The number of unbranched alkanes of at least 4 members (excludes halogenated alkanes) is 2. The Morgan fingerprint density at radius 1 is 0.966 bits per heavy atom. The average molecular weight is 858 g/mol. The van der Waals surface area contributed by atoms with Gasteiger partial charge in [-0.2, -0.15) is 0 Å². The number of amides is 1. The molecule has 13 nitrogen and oxygen atoms in total. The molecule has 5 aliphatic rings. The van der Waals surface area contributed by atoms with E-state index in [0.29, 0.717) is 37.1 Å². The second-order valence-corrected chi connectivity index (χ2v) is 22.1. The monoisotopic (exact) mass is 857 g/mol. The number of nitrogens with one attached hydrogen (secondary N) is 1. The summed E-state index contributed by atoms with van der Waals surface area (Å²) in [5, 5.41) is 2.84. The van der Waals surface area contributed by atoms with E-state index in [2.05, 4.69) is 50.5 Å². The molecular formula is C42H74BNO12P2. The van der Waals surface area contributed by atoms with Crippen LogP contribution in [0.2, 0.25) is 0 Å². The van der Waals surface area contributed by atoms with Gasteiger partial charge in [0.2, 0.25) is 5.91 Å². The van der Waals surface area contributed by atoms with Crippen molar-refractivity contribution in [1.29, 1.82) is 0 Å². The minimum absolute atomic E-state index is 0.0398. The Kier molecular flexibility index (Phi) is 17.3. The van der Waals surface area contributed by atoms with Gasteiger partial charge in [0.15, 0.2) is 0 Å². The van der Waals surface area contributed by atoms with Gasteiger partial charge in [0.05, 0.1) is 25.7 Å². The van der Waals surface area contributed by atoms with Gasteiger partial charge < -0.3 is 24.6 Å².